The lowest BCUT2D eigenvalue weighted by Gasteiger charge is -2.32. The van der Waals surface area contributed by atoms with Crippen molar-refractivity contribution >= 4 is 31.0 Å². The number of ether oxygens (including phenoxy) is 1. The van der Waals surface area contributed by atoms with Crippen LogP contribution in [0.15, 0.2) is 11.4 Å². The zero-order valence-corrected chi connectivity index (χ0v) is 18.7. The maximum absolute atomic E-state index is 12.3. The van der Waals surface area contributed by atoms with Gasteiger partial charge in [-0.1, -0.05) is 20.8 Å². The second-order valence-electron chi connectivity index (χ2n) is 8.03. The highest BCUT2D eigenvalue weighted by molar-refractivity contribution is 7.40. The lowest BCUT2D eigenvalue weighted by atomic mass is 9.93. The molecule has 3 rings (SSSR count). The molecule has 3 heterocycles. The van der Waals surface area contributed by atoms with E-state index in [0.717, 1.165) is 0 Å². The van der Waals surface area contributed by atoms with Crippen LogP contribution < -0.4 is 5.73 Å². The van der Waals surface area contributed by atoms with Gasteiger partial charge in [0.1, 0.15) is 18.5 Å². The average Bonchev–Trinajstić information content (AvgIpc) is 3.21. The molecule has 0 amide bonds. The topological polar surface area (TPSA) is 194 Å². The monoisotopic (exact) mass is 454 g/mol. The number of hydrogen-bond acceptors (Lipinski definition) is 10. The summed E-state index contributed by atoms with van der Waals surface area (Å²) >= 11 is 0. The highest BCUT2D eigenvalue weighted by atomic mass is 31.1. The summed E-state index contributed by atoms with van der Waals surface area (Å²) in [5.41, 5.74) is 14.1. The maximum Gasteiger partial charge on any atom is 0.201 e. The fourth-order valence-electron chi connectivity index (χ4n) is 3.42. The minimum Gasteiger partial charge on any atom is -0.388 e. The Balaban J connectivity index is 1.94. The zero-order valence-electron chi connectivity index (χ0n) is 17.7. The first-order chi connectivity index (χ1) is 14.6. The number of hydrogen-bond donors (Lipinski definition) is 3. The largest absolute Gasteiger partial charge is 0.388 e. The van der Waals surface area contributed by atoms with Crippen molar-refractivity contribution in [3.05, 3.63) is 16.8 Å². The van der Waals surface area contributed by atoms with Crippen LogP contribution in [0.5, 0.6) is 0 Å². The molecule has 170 valence electrons. The Hall–Kier alpha value is -2.27. The number of imidazole rings is 1. The fraction of sp³-hybridized carbons (Fsp3) is 0.706. The minimum atomic E-state index is -2.30. The summed E-state index contributed by atoms with van der Waals surface area (Å²) in [6.07, 6.45) is -2.75. The molecule has 2 aromatic heterocycles. The van der Waals surface area contributed by atoms with Crippen molar-refractivity contribution in [2.45, 2.75) is 76.3 Å². The van der Waals surface area contributed by atoms with Gasteiger partial charge < -0.3 is 25.2 Å². The Morgan fingerprint density at radius 3 is 2.77 bits per heavy atom. The summed E-state index contributed by atoms with van der Waals surface area (Å²) in [6.45, 7) is 7.30. The van der Waals surface area contributed by atoms with Gasteiger partial charge in [0.2, 0.25) is 5.95 Å². The molecular weight excluding hydrogens is 427 g/mol. The first-order valence-corrected chi connectivity index (χ1v) is 11.3. The van der Waals surface area contributed by atoms with E-state index >= 15 is 0 Å². The predicted molar refractivity (Wildman–Crippen MR) is 113 cm³/mol. The average molecular weight is 454 g/mol. The van der Waals surface area contributed by atoms with Crippen LogP contribution in [0.3, 0.4) is 0 Å². The van der Waals surface area contributed by atoms with Crippen LogP contribution in [-0.4, -0.2) is 59.3 Å². The number of aliphatic hydroxyl groups excluding tert-OH is 2. The number of aliphatic hydroxyl groups is 2. The molecule has 31 heavy (non-hydrogen) atoms. The number of anilines is 1. The van der Waals surface area contributed by atoms with E-state index in [4.69, 9.17) is 20.5 Å². The first kappa shape index (κ1) is 23.4. The number of nitrogen functional groups attached to an aromatic ring is 1. The Kier molecular flexibility index (Phi) is 6.85. The van der Waals surface area contributed by atoms with Crippen molar-refractivity contribution in [3.63, 3.8) is 0 Å². The van der Waals surface area contributed by atoms with E-state index in [1.807, 2.05) is 20.8 Å². The van der Waals surface area contributed by atoms with E-state index in [2.05, 4.69) is 25.0 Å². The van der Waals surface area contributed by atoms with Gasteiger partial charge in [-0.2, -0.15) is 0 Å². The maximum atomic E-state index is 12.3. The van der Waals surface area contributed by atoms with Gasteiger partial charge in [-0.05, 0) is 24.0 Å². The van der Waals surface area contributed by atoms with E-state index in [1.165, 1.54) is 10.9 Å². The molecule has 4 N–H and O–H groups in total. The van der Waals surface area contributed by atoms with E-state index in [9.17, 15) is 14.8 Å². The summed E-state index contributed by atoms with van der Waals surface area (Å²) in [7, 11) is -2.30. The lowest BCUT2D eigenvalue weighted by molar-refractivity contribution is -0.0615. The molecule has 0 bridgehead atoms. The molecule has 0 radical (unpaired) electrons. The summed E-state index contributed by atoms with van der Waals surface area (Å²) in [4.78, 5) is 14.9. The van der Waals surface area contributed by atoms with Gasteiger partial charge in [-0.25, -0.2) is 15.0 Å². The van der Waals surface area contributed by atoms with E-state index in [0.29, 0.717) is 6.42 Å². The SMILES string of the molecule is CC[C@](C)(C[C@H]1OC(n2c(N=[N+]=[N-])nc3c(N)ncnc32)[C@H](O)C1O)O[PH](=O)C(C)C. The van der Waals surface area contributed by atoms with Crippen LogP contribution in [0, 0.1) is 0 Å². The molecule has 1 aliphatic heterocycles. The molecule has 2 aromatic rings. The van der Waals surface area contributed by atoms with Crippen molar-refractivity contribution in [2.24, 2.45) is 5.11 Å². The van der Waals surface area contributed by atoms with Gasteiger partial charge in [-0.3, -0.25) is 9.13 Å². The Labute approximate surface area is 179 Å². The third kappa shape index (κ3) is 4.52. The lowest BCUT2D eigenvalue weighted by Crippen LogP contribution is -2.38. The second kappa shape index (κ2) is 9.07. The molecule has 14 heteroatoms. The molecule has 0 spiro atoms. The van der Waals surface area contributed by atoms with Crippen LogP contribution in [0.25, 0.3) is 21.6 Å². The number of nitrogens with two attached hydrogens (primary N) is 1. The van der Waals surface area contributed by atoms with Gasteiger partial charge in [0.15, 0.2) is 31.2 Å². The smallest absolute Gasteiger partial charge is 0.201 e. The summed E-state index contributed by atoms with van der Waals surface area (Å²) < 4.78 is 25.4. The molecule has 0 saturated carbocycles. The summed E-state index contributed by atoms with van der Waals surface area (Å²) in [6, 6.07) is 0. The Bertz CT molecular complexity index is 1030. The molecule has 1 aliphatic rings. The Morgan fingerprint density at radius 2 is 2.16 bits per heavy atom. The van der Waals surface area contributed by atoms with Crippen molar-refractivity contribution in [2.75, 3.05) is 5.73 Å². The number of aromatic nitrogens is 4. The van der Waals surface area contributed by atoms with E-state index in [1.54, 1.807) is 6.92 Å². The molecule has 1 fully saturated rings. The molecular formula is C17H27N8O5P. The van der Waals surface area contributed by atoms with Crippen molar-refractivity contribution in [1.29, 1.82) is 0 Å². The highest BCUT2D eigenvalue weighted by Crippen LogP contribution is 2.43. The summed E-state index contributed by atoms with van der Waals surface area (Å²) in [5.74, 6) is -0.0746. The molecule has 1 saturated heterocycles. The molecule has 3 unspecified atom stereocenters. The van der Waals surface area contributed by atoms with Crippen LogP contribution in [0.2, 0.25) is 0 Å². The fourth-order valence-corrected chi connectivity index (χ4v) is 4.36. The molecule has 0 aromatic carbocycles. The van der Waals surface area contributed by atoms with Gasteiger partial charge in [0.25, 0.3) is 0 Å². The number of rotatable bonds is 8. The quantitative estimate of drug-likeness (QED) is 0.232. The third-order valence-electron chi connectivity index (χ3n) is 5.41. The zero-order chi connectivity index (χ0) is 22.9. The normalized spacial score (nSPS) is 26.7. The predicted octanol–water partition coefficient (Wildman–Crippen LogP) is 2.43. The van der Waals surface area contributed by atoms with Crippen LogP contribution in [0.4, 0.5) is 11.8 Å². The number of fused-ring (bicyclic) bond motifs is 1. The van der Waals surface area contributed by atoms with Crippen molar-refractivity contribution < 1.29 is 24.0 Å². The number of azide groups is 1. The first-order valence-electron chi connectivity index (χ1n) is 9.89. The number of nitrogens with zero attached hydrogens (tertiary/aromatic N) is 7. The van der Waals surface area contributed by atoms with Crippen molar-refractivity contribution in [3.8, 4) is 0 Å². The van der Waals surface area contributed by atoms with Crippen molar-refractivity contribution in [1.82, 2.24) is 19.5 Å². The molecule has 6 atom stereocenters. The van der Waals surface area contributed by atoms with Crippen LogP contribution >= 0.6 is 8.03 Å². The van der Waals surface area contributed by atoms with Crippen LogP contribution in [-0.2, 0) is 13.8 Å². The minimum absolute atomic E-state index is 0.0634. The summed E-state index contributed by atoms with van der Waals surface area (Å²) in [5, 5.41) is 25.0. The van der Waals surface area contributed by atoms with Gasteiger partial charge in [0.05, 0.1) is 11.7 Å². The molecule has 13 nitrogen and oxygen atoms in total. The van der Waals surface area contributed by atoms with E-state index < -0.39 is 38.2 Å². The van der Waals surface area contributed by atoms with Crippen LogP contribution in [0.1, 0.15) is 46.8 Å². The van der Waals surface area contributed by atoms with Gasteiger partial charge >= 0.3 is 0 Å². The second-order valence-corrected chi connectivity index (χ2v) is 10.0. The Morgan fingerprint density at radius 1 is 1.45 bits per heavy atom. The van der Waals surface area contributed by atoms with Gasteiger partial charge in [-0.15, -0.1) is 0 Å². The standard InChI is InChI=1S/C17H27N8O5P/c1-5-17(4,30-31(28)8(2)3)6-9-11(26)12(27)15(29-9)25-14-10(13(18)20-7-21-14)22-16(25)23-24-19/h7-9,11-12,15,26-27,31H,5-6H2,1-4H3,(H2,18,20,21)/t9-,11?,12-,15?,17-/m1/s1. The third-order valence-corrected chi connectivity index (χ3v) is 7.05. The molecule has 0 aliphatic carbocycles. The van der Waals surface area contributed by atoms with E-state index in [-0.39, 0.29) is 35.0 Å². The van der Waals surface area contributed by atoms with Gasteiger partial charge in [0, 0.05) is 17.0 Å². The highest BCUT2D eigenvalue weighted by Gasteiger charge is 2.47.